The molecule has 0 radical (unpaired) electrons. The minimum Gasteiger partial charge on any atom is -0.379 e. The van der Waals surface area contributed by atoms with Crippen LogP contribution < -0.4 is 20.9 Å². The molecule has 3 heterocycles. The molecule has 0 bridgehead atoms. The fraction of sp³-hybridized carbons (Fsp3) is 0.370. The molecule has 2 unspecified atom stereocenters. The SMILES string of the molecule is C=C1CCN(c2ccc(NC3=NC(Nc4cccc(S(=O)N5CCOCC5)c4)C(C)=CN3)cc2)CC1. The van der Waals surface area contributed by atoms with Gasteiger partial charge in [-0.05, 0) is 67.8 Å². The molecule has 3 aliphatic heterocycles. The van der Waals surface area contributed by atoms with Gasteiger partial charge in [-0.25, -0.2) is 13.5 Å². The van der Waals surface area contributed by atoms with Crippen LogP contribution >= 0.6 is 0 Å². The third kappa shape index (κ3) is 5.98. The van der Waals surface area contributed by atoms with Crippen molar-refractivity contribution in [3.63, 3.8) is 0 Å². The summed E-state index contributed by atoms with van der Waals surface area (Å²) in [4.78, 5) is 8.01. The maximum Gasteiger partial charge on any atom is 0.202 e. The number of hydrogen-bond acceptors (Lipinski definition) is 7. The van der Waals surface area contributed by atoms with Crippen LogP contribution in [0.2, 0.25) is 0 Å². The van der Waals surface area contributed by atoms with E-state index < -0.39 is 11.0 Å². The summed E-state index contributed by atoms with van der Waals surface area (Å²) >= 11 is 0. The fourth-order valence-electron chi connectivity index (χ4n) is 4.43. The van der Waals surface area contributed by atoms with Crippen LogP contribution in [0.4, 0.5) is 17.1 Å². The van der Waals surface area contributed by atoms with Crippen molar-refractivity contribution in [3.8, 4) is 0 Å². The van der Waals surface area contributed by atoms with Gasteiger partial charge in [-0.2, -0.15) is 0 Å². The van der Waals surface area contributed by atoms with Gasteiger partial charge in [0.2, 0.25) is 5.96 Å². The molecule has 2 aromatic carbocycles. The number of guanidine groups is 1. The predicted molar refractivity (Wildman–Crippen MR) is 148 cm³/mol. The molecule has 2 saturated heterocycles. The van der Waals surface area contributed by atoms with E-state index in [0.717, 1.165) is 47.8 Å². The van der Waals surface area contributed by atoms with Crippen LogP contribution in [0.5, 0.6) is 0 Å². The van der Waals surface area contributed by atoms with Crippen molar-refractivity contribution >= 4 is 34.0 Å². The van der Waals surface area contributed by atoms with Gasteiger partial charge in [0.25, 0.3) is 0 Å². The van der Waals surface area contributed by atoms with E-state index in [9.17, 15) is 4.21 Å². The van der Waals surface area contributed by atoms with Crippen molar-refractivity contribution in [2.75, 3.05) is 54.9 Å². The number of hydrogen-bond donors (Lipinski definition) is 3. The van der Waals surface area contributed by atoms with Crippen LogP contribution in [0.15, 0.2) is 82.3 Å². The van der Waals surface area contributed by atoms with E-state index in [1.54, 1.807) is 0 Å². The van der Waals surface area contributed by atoms with Crippen LogP contribution in [0.25, 0.3) is 0 Å². The Labute approximate surface area is 215 Å². The Hall–Kier alpha value is -3.14. The molecule has 2 fully saturated rings. The Balaban J connectivity index is 1.23. The molecule has 8 nitrogen and oxygen atoms in total. The summed E-state index contributed by atoms with van der Waals surface area (Å²) in [7, 11) is -1.20. The Morgan fingerprint density at radius 2 is 1.81 bits per heavy atom. The molecular weight excluding hydrogens is 472 g/mol. The number of nitrogens with one attached hydrogen (secondary N) is 3. The first kappa shape index (κ1) is 24.5. The second-order valence-corrected chi connectivity index (χ2v) is 10.8. The van der Waals surface area contributed by atoms with E-state index in [2.05, 4.69) is 51.7 Å². The van der Waals surface area contributed by atoms with Gasteiger partial charge >= 0.3 is 0 Å². The van der Waals surface area contributed by atoms with E-state index in [-0.39, 0.29) is 6.17 Å². The van der Waals surface area contributed by atoms with Crippen molar-refractivity contribution in [3.05, 3.63) is 72.5 Å². The molecule has 9 heteroatoms. The molecule has 5 rings (SSSR count). The zero-order valence-electron chi connectivity index (χ0n) is 20.7. The molecule has 2 atom stereocenters. The number of aliphatic imine (C=N–C) groups is 1. The maximum absolute atomic E-state index is 13.0. The number of nitrogens with zero attached hydrogens (tertiary/aromatic N) is 3. The largest absolute Gasteiger partial charge is 0.379 e. The van der Waals surface area contributed by atoms with Crippen molar-refractivity contribution in [1.82, 2.24) is 9.62 Å². The van der Waals surface area contributed by atoms with Gasteiger partial charge in [-0.15, -0.1) is 0 Å². The summed E-state index contributed by atoms with van der Waals surface area (Å²) in [5.41, 5.74) is 5.49. The van der Waals surface area contributed by atoms with E-state index in [1.807, 2.05) is 41.7 Å². The number of benzene rings is 2. The average molecular weight is 507 g/mol. The van der Waals surface area contributed by atoms with E-state index in [4.69, 9.17) is 9.73 Å². The van der Waals surface area contributed by atoms with Gasteiger partial charge in [0.15, 0.2) is 0 Å². The van der Waals surface area contributed by atoms with Gasteiger partial charge in [0.1, 0.15) is 17.2 Å². The standard InChI is InChI=1S/C27H34N6O2S/c1-20-10-12-32(13-11-20)24-8-6-22(7-9-24)30-27-28-19-21(2)26(31-27)29-23-4-3-5-25(18-23)36(34)33-14-16-35-17-15-33/h3-9,18-19,26,29H,1,10-17H2,2H3,(H2,28,30,31). The first-order valence-corrected chi connectivity index (χ1v) is 13.6. The van der Waals surface area contributed by atoms with Crippen LogP contribution in [-0.4, -0.2) is 60.0 Å². The lowest BCUT2D eigenvalue weighted by molar-refractivity contribution is 0.0752. The van der Waals surface area contributed by atoms with E-state index >= 15 is 0 Å². The van der Waals surface area contributed by atoms with E-state index in [0.29, 0.717) is 32.3 Å². The molecule has 190 valence electrons. The third-order valence-corrected chi connectivity index (χ3v) is 8.13. The summed E-state index contributed by atoms with van der Waals surface area (Å²) in [6.07, 6.45) is 3.85. The zero-order valence-corrected chi connectivity index (χ0v) is 21.5. The van der Waals surface area contributed by atoms with Gasteiger partial charge in [0.05, 0.1) is 18.1 Å². The molecule has 0 aromatic heterocycles. The number of morpholine rings is 1. The predicted octanol–water partition coefficient (Wildman–Crippen LogP) is 3.91. The van der Waals surface area contributed by atoms with Gasteiger partial charge in [0, 0.05) is 49.4 Å². The van der Waals surface area contributed by atoms with Crippen molar-refractivity contribution < 1.29 is 8.95 Å². The summed E-state index contributed by atoms with van der Waals surface area (Å²) in [5, 5.41) is 10.1. The lowest BCUT2D eigenvalue weighted by atomic mass is 10.1. The number of anilines is 3. The van der Waals surface area contributed by atoms with Crippen LogP contribution in [0, 0.1) is 0 Å². The highest BCUT2D eigenvalue weighted by atomic mass is 32.2. The molecule has 36 heavy (non-hydrogen) atoms. The molecule has 0 spiro atoms. The molecular formula is C27H34N6O2S. The van der Waals surface area contributed by atoms with Crippen LogP contribution in [-0.2, 0) is 15.7 Å². The molecule has 3 N–H and O–H groups in total. The second kappa shape index (κ2) is 11.3. The first-order chi connectivity index (χ1) is 17.5. The third-order valence-electron chi connectivity index (χ3n) is 6.64. The number of rotatable bonds is 6. The molecule has 0 aliphatic carbocycles. The highest BCUT2D eigenvalue weighted by Crippen LogP contribution is 2.24. The van der Waals surface area contributed by atoms with Crippen LogP contribution in [0.1, 0.15) is 19.8 Å². The normalized spacial score (nSPS) is 21.8. The average Bonchev–Trinajstić information content (AvgIpc) is 2.92. The minimum atomic E-state index is -1.20. The summed E-state index contributed by atoms with van der Waals surface area (Å²) in [5.74, 6) is 0.674. The quantitative estimate of drug-likeness (QED) is 0.516. The smallest absolute Gasteiger partial charge is 0.202 e. The molecule has 0 amide bonds. The summed E-state index contributed by atoms with van der Waals surface area (Å²) in [6.45, 7) is 10.8. The topological polar surface area (TPSA) is 81.2 Å². The first-order valence-electron chi connectivity index (χ1n) is 12.5. The Morgan fingerprint density at radius 1 is 1.06 bits per heavy atom. The molecule has 2 aromatic rings. The van der Waals surface area contributed by atoms with Crippen molar-refractivity contribution in [2.45, 2.75) is 30.8 Å². The molecule has 3 aliphatic rings. The minimum absolute atomic E-state index is 0.235. The van der Waals surface area contributed by atoms with Gasteiger partial charge < -0.3 is 25.6 Å². The second-order valence-electron chi connectivity index (χ2n) is 9.28. The number of piperidine rings is 1. The molecule has 0 saturated carbocycles. The summed E-state index contributed by atoms with van der Waals surface area (Å²) < 4.78 is 20.3. The Bertz CT molecular complexity index is 1160. The van der Waals surface area contributed by atoms with E-state index in [1.165, 1.54) is 11.3 Å². The van der Waals surface area contributed by atoms with Crippen LogP contribution in [0.3, 0.4) is 0 Å². The zero-order chi connectivity index (χ0) is 24.9. The number of ether oxygens (including phenoxy) is 1. The maximum atomic E-state index is 13.0. The lowest BCUT2D eigenvalue weighted by Crippen LogP contribution is -2.37. The fourth-order valence-corrected chi connectivity index (χ4v) is 5.63. The highest BCUT2D eigenvalue weighted by molar-refractivity contribution is 7.82. The van der Waals surface area contributed by atoms with Crippen molar-refractivity contribution in [2.24, 2.45) is 4.99 Å². The van der Waals surface area contributed by atoms with Crippen molar-refractivity contribution in [1.29, 1.82) is 0 Å². The lowest BCUT2D eigenvalue weighted by Gasteiger charge is -2.30. The Kier molecular flexibility index (Phi) is 7.69. The Morgan fingerprint density at radius 3 is 2.56 bits per heavy atom. The van der Waals surface area contributed by atoms with Gasteiger partial charge in [-0.3, -0.25) is 0 Å². The van der Waals surface area contributed by atoms with Gasteiger partial charge in [-0.1, -0.05) is 18.2 Å². The summed E-state index contributed by atoms with van der Waals surface area (Å²) in [6, 6.07) is 16.2. The highest BCUT2D eigenvalue weighted by Gasteiger charge is 2.20. The monoisotopic (exact) mass is 506 g/mol.